The molecule has 18 heavy (non-hydrogen) atoms. The Balaban J connectivity index is 1.68. The third kappa shape index (κ3) is 3.33. The van der Waals surface area contributed by atoms with Crippen LogP contribution >= 0.6 is 0 Å². The lowest BCUT2D eigenvalue weighted by Crippen LogP contribution is -2.43. The van der Waals surface area contributed by atoms with Gasteiger partial charge in [-0.1, -0.05) is 6.92 Å². The molecule has 1 fully saturated rings. The first-order chi connectivity index (χ1) is 8.70. The SMILES string of the molecule is CCN1CCC(NCCn2cnc(C)c2C)CC1. The molecule has 0 radical (unpaired) electrons. The maximum Gasteiger partial charge on any atom is 0.0951 e. The zero-order chi connectivity index (χ0) is 13.0. The third-order valence-corrected chi connectivity index (χ3v) is 4.17. The van der Waals surface area contributed by atoms with Crippen molar-refractivity contribution in [1.29, 1.82) is 0 Å². The predicted octanol–water partition coefficient (Wildman–Crippen LogP) is 1.57. The number of likely N-dealkylation sites (tertiary alicyclic amines) is 1. The molecule has 1 aliphatic heterocycles. The van der Waals surface area contributed by atoms with Crippen LogP contribution in [0, 0.1) is 13.8 Å². The Bertz CT molecular complexity index is 364. The van der Waals surface area contributed by atoms with E-state index in [4.69, 9.17) is 0 Å². The molecule has 0 amide bonds. The summed E-state index contributed by atoms with van der Waals surface area (Å²) in [6, 6.07) is 0.706. The number of rotatable bonds is 5. The molecule has 102 valence electrons. The Labute approximate surface area is 110 Å². The van der Waals surface area contributed by atoms with Crippen molar-refractivity contribution in [2.45, 2.75) is 46.2 Å². The number of nitrogens with one attached hydrogen (secondary N) is 1. The van der Waals surface area contributed by atoms with Crippen molar-refractivity contribution in [2.75, 3.05) is 26.2 Å². The second-order valence-corrected chi connectivity index (χ2v) is 5.27. The minimum absolute atomic E-state index is 0.706. The minimum atomic E-state index is 0.706. The van der Waals surface area contributed by atoms with Gasteiger partial charge in [-0.3, -0.25) is 0 Å². The highest BCUT2D eigenvalue weighted by molar-refractivity contribution is 5.08. The van der Waals surface area contributed by atoms with Crippen molar-refractivity contribution in [3.63, 3.8) is 0 Å². The summed E-state index contributed by atoms with van der Waals surface area (Å²) < 4.78 is 2.24. The van der Waals surface area contributed by atoms with Gasteiger partial charge >= 0.3 is 0 Å². The molecule has 0 saturated carbocycles. The molecule has 1 aromatic rings. The number of aromatic nitrogens is 2. The molecule has 0 unspecified atom stereocenters. The average Bonchev–Trinajstić information content (AvgIpc) is 2.71. The van der Waals surface area contributed by atoms with Gasteiger partial charge in [0.1, 0.15) is 0 Å². The van der Waals surface area contributed by atoms with Gasteiger partial charge in [-0.25, -0.2) is 4.98 Å². The van der Waals surface area contributed by atoms with Crippen LogP contribution in [0.5, 0.6) is 0 Å². The maximum absolute atomic E-state index is 4.33. The van der Waals surface area contributed by atoms with Gasteiger partial charge in [0.2, 0.25) is 0 Å². The van der Waals surface area contributed by atoms with E-state index in [0.717, 1.165) is 18.8 Å². The van der Waals surface area contributed by atoms with Gasteiger partial charge in [-0.15, -0.1) is 0 Å². The van der Waals surface area contributed by atoms with Gasteiger partial charge in [-0.05, 0) is 46.3 Å². The average molecular weight is 250 g/mol. The summed E-state index contributed by atoms with van der Waals surface area (Å²) in [5.74, 6) is 0. The van der Waals surface area contributed by atoms with Gasteiger partial charge in [0.15, 0.2) is 0 Å². The Morgan fingerprint density at radius 1 is 1.33 bits per heavy atom. The summed E-state index contributed by atoms with van der Waals surface area (Å²) in [4.78, 5) is 6.86. The molecule has 4 nitrogen and oxygen atoms in total. The summed E-state index contributed by atoms with van der Waals surface area (Å²) in [5.41, 5.74) is 2.43. The normalized spacial score (nSPS) is 18.4. The largest absolute Gasteiger partial charge is 0.333 e. The highest BCUT2D eigenvalue weighted by atomic mass is 15.1. The van der Waals surface area contributed by atoms with Crippen molar-refractivity contribution in [3.05, 3.63) is 17.7 Å². The van der Waals surface area contributed by atoms with Crippen molar-refractivity contribution in [1.82, 2.24) is 19.8 Å². The molecule has 2 heterocycles. The smallest absolute Gasteiger partial charge is 0.0951 e. The Morgan fingerprint density at radius 2 is 2.06 bits per heavy atom. The lowest BCUT2D eigenvalue weighted by atomic mass is 10.1. The molecule has 4 heteroatoms. The van der Waals surface area contributed by atoms with Crippen LogP contribution < -0.4 is 5.32 Å². The summed E-state index contributed by atoms with van der Waals surface area (Å²) in [6.07, 6.45) is 4.53. The number of hydrogen-bond donors (Lipinski definition) is 1. The number of hydrogen-bond acceptors (Lipinski definition) is 3. The van der Waals surface area contributed by atoms with Gasteiger partial charge in [0.05, 0.1) is 12.0 Å². The summed E-state index contributed by atoms with van der Waals surface area (Å²) in [6.45, 7) is 12.2. The maximum atomic E-state index is 4.33. The fraction of sp³-hybridized carbons (Fsp3) is 0.786. The van der Waals surface area contributed by atoms with Crippen LogP contribution in [0.25, 0.3) is 0 Å². The molecule has 1 N–H and O–H groups in total. The molecule has 0 bridgehead atoms. The van der Waals surface area contributed by atoms with E-state index < -0.39 is 0 Å². The second kappa shape index (κ2) is 6.34. The highest BCUT2D eigenvalue weighted by Gasteiger charge is 2.17. The predicted molar refractivity (Wildman–Crippen MR) is 74.8 cm³/mol. The van der Waals surface area contributed by atoms with Crippen LogP contribution in [0.1, 0.15) is 31.2 Å². The Morgan fingerprint density at radius 3 is 2.61 bits per heavy atom. The molecule has 1 aliphatic rings. The van der Waals surface area contributed by atoms with E-state index in [0.29, 0.717) is 6.04 Å². The van der Waals surface area contributed by atoms with Crippen LogP contribution in [0.3, 0.4) is 0 Å². The first kappa shape index (κ1) is 13.6. The molecule has 0 aromatic carbocycles. The monoisotopic (exact) mass is 250 g/mol. The first-order valence-corrected chi connectivity index (χ1v) is 7.14. The molecule has 0 spiro atoms. The Kier molecular flexibility index (Phi) is 4.78. The third-order valence-electron chi connectivity index (χ3n) is 4.17. The van der Waals surface area contributed by atoms with E-state index in [2.05, 4.69) is 40.5 Å². The summed E-state index contributed by atoms with van der Waals surface area (Å²) >= 11 is 0. The lowest BCUT2D eigenvalue weighted by molar-refractivity contribution is 0.206. The van der Waals surface area contributed by atoms with E-state index in [-0.39, 0.29) is 0 Å². The lowest BCUT2D eigenvalue weighted by Gasteiger charge is -2.31. The van der Waals surface area contributed by atoms with Crippen molar-refractivity contribution >= 4 is 0 Å². The quantitative estimate of drug-likeness (QED) is 0.861. The van der Waals surface area contributed by atoms with Crippen LogP contribution in [-0.2, 0) is 6.54 Å². The van der Waals surface area contributed by atoms with E-state index >= 15 is 0 Å². The second-order valence-electron chi connectivity index (χ2n) is 5.27. The van der Waals surface area contributed by atoms with Crippen LogP contribution in [0.15, 0.2) is 6.33 Å². The Hall–Kier alpha value is -0.870. The summed E-state index contributed by atoms with van der Waals surface area (Å²) in [7, 11) is 0. The van der Waals surface area contributed by atoms with Gasteiger partial charge in [0.25, 0.3) is 0 Å². The fourth-order valence-corrected chi connectivity index (χ4v) is 2.61. The van der Waals surface area contributed by atoms with Crippen molar-refractivity contribution in [2.24, 2.45) is 0 Å². The van der Waals surface area contributed by atoms with E-state index in [9.17, 15) is 0 Å². The standard InChI is InChI=1S/C14H26N4/c1-4-17-8-5-14(6-9-17)15-7-10-18-11-16-12(2)13(18)3/h11,14-15H,4-10H2,1-3H3. The van der Waals surface area contributed by atoms with Crippen molar-refractivity contribution in [3.8, 4) is 0 Å². The number of imidazole rings is 1. The first-order valence-electron chi connectivity index (χ1n) is 7.14. The van der Waals surface area contributed by atoms with E-state index in [1.165, 1.54) is 38.2 Å². The van der Waals surface area contributed by atoms with Gasteiger partial charge in [0, 0.05) is 24.8 Å². The molecule has 0 aliphatic carbocycles. The van der Waals surface area contributed by atoms with Crippen LogP contribution in [-0.4, -0.2) is 46.7 Å². The van der Waals surface area contributed by atoms with E-state index in [1.54, 1.807) is 0 Å². The topological polar surface area (TPSA) is 33.1 Å². The summed E-state index contributed by atoms with van der Waals surface area (Å²) in [5, 5.41) is 3.68. The molecular formula is C14H26N4. The molecule has 1 saturated heterocycles. The van der Waals surface area contributed by atoms with Crippen LogP contribution in [0.2, 0.25) is 0 Å². The zero-order valence-corrected chi connectivity index (χ0v) is 11.9. The molecule has 2 rings (SSSR count). The van der Waals surface area contributed by atoms with Crippen LogP contribution in [0.4, 0.5) is 0 Å². The van der Waals surface area contributed by atoms with Gasteiger partial charge in [-0.2, -0.15) is 0 Å². The molecule has 1 aromatic heterocycles. The number of nitrogens with zero attached hydrogens (tertiary/aromatic N) is 3. The minimum Gasteiger partial charge on any atom is -0.333 e. The van der Waals surface area contributed by atoms with Gasteiger partial charge < -0.3 is 14.8 Å². The van der Waals surface area contributed by atoms with Crippen molar-refractivity contribution < 1.29 is 0 Å². The van der Waals surface area contributed by atoms with E-state index in [1.807, 2.05) is 6.33 Å². The highest BCUT2D eigenvalue weighted by Crippen LogP contribution is 2.09. The zero-order valence-electron chi connectivity index (χ0n) is 11.9. The molecule has 0 atom stereocenters. The number of piperidine rings is 1. The molecular weight excluding hydrogens is 224 g/mol. The number of aryl methyl sites for hydroxylation is 1. The fourth-order valence-electron chi connectivity index (χ4n) is 2.61.